The second-order valence-electron chi connectivity index (χ2n) is 5.33. The summed E-state index contributed by atoms with van der Waals surface area (Å²) in [6.45, 7) is 2.10. The van der Waals surface area contributed by atoms with Gasteiger partial charge in [-0.25, -0.2) is 4.98 Å². The number of ether oxygens (including phenoxy) is 2. The Morgan fingerprint density at radius 1 is 1.14 bits per heavy atom. The average Bonchev–Trinajstić information content (AvgIpc) is 3.02. The third-order valence-electron chi connectivity index (χ3n) is 3.95. The minimum atomic E-state index is -0.349. The minimum Gasteiger partial charge on any atom is -0.496 e. The Morgan fingerprint density at radius 2 is 1.90 bits per heavy atom. The Labute approximate surface area is 127 Å². The largest absolute Gasteiger partial charge is 0.496 e. The molecule has 106 valence electrons. The van der Waals surface area contributed by atoms with Gasteiger partial charge in [0, 0.05) is 5.56 Å². The van der Waals surface area contributed by atoms with E-state index in [1.807, 2.05) is 36.4 Å². The Hall–Kier alpha value is -1.91. The quantitative estimate of drug-likeness (QED) is 0.676. The minimum absolute atomic E-state index is 0.00853. The smallest absolute Gasteiger partial charge is 0.148 e. The lowest BCUT2D eigenvalue weighted by Gasteiger charge is -2.07. The molecule has 0 amide bonds. The molecule has 0 aliphatic carbocycles. The van der Waals surface area contributed by atoms with Gasteiger partial charge in [-0.15, -0.1) is 11.3 Å². The summed E-state index contributed by atoms with van der Waals surface area (Å²) in [6, 6.07) is 16.2. The molecule has 2 aromatic carbocycles. The van der Waals surface area contributed by atoms with Crippen LogP contribution in [0.15, 0.2) is 48.5 Å². The first kappa shape index (κ1) is 12.8. The van der Waals surface area contributed by atoms with Crippen molar-refractivity contribution in [2.75, 3.05) is 7.11 Å². The van der Waals surface area contributed by atoms with E-state index in [0.717, 1.165) is 21.8 Å². The molecular weight excluding hydrogens is 282 g/mol. The second-order valence-corrected chi connectivity index (χ2v) is 6.36. The predicted octanol–water partition coefficient (Wildman–Crippen LogP) is 4.29. The number of thiazole rings is 1. The van der Waals surface area contributed by atoms with E-state index in [0.29, 0.717) is 0 Å². The maximum absolute atomic E-state index is 6.02. The zero-order valence-corrected chi connectivity index (χ0v) is 12.7. The van der Waals surface area contributed by atoms with E-state index in [1.54, 1.807) is 18.4 Å². The average molecular weight is 297 g/mol. The fourth-order valence-corrected chi connectivity index (χ4v) is 3.78. The summed E-state index contributed by atoms with van der Waals surface area (Å²) in [7, 11) is 1.69. The number of nitrogens with zero attached hydrogens (tertiary/aromatic N) is 1. The normalized spacial score (nSPS) is 24.2. The Bertz CT molecular complexity index is 780. The first-order valence-electron chi connectivity index (χ1n) is 6.89. The summed E-state index contributed by atoms with van der Waals surface area (Å²) in [5, 5.41) is 1.03. The van der Waals surface area contributed by atoms with Gasteiger partial charge in [-0.05, 0) is 25.1 Å². The summed E-state index contributed by atoms with van der Waals surface area (Å²) >= 11 is 1.70. The summed E-state index contributed by atoms with van der Waals surface area (Å²) < 4.78 is 12.7. The number of fused-ring (bicyclic) bond motifs is 1. The number of rotatable bonds is 3. The molecule has 0 radical (unpaired) electrons. The van der Waals surface area contributed by atoms with E-state index >= 15 is 0 Å². The molecule has 0 saturated carbocycles. The van der Waals surface area contributed by atoms with Gasteiger partial charge in [-0.1, -0.05) is 30.3 Å². The highest BCUT2D eigenvalue weighted by Crippen LogP contribution is 2.59. The number of epoxide rings is 1. The second kappa shape index (κ2) is 4.55. The van der Waals surface area contributed by atoms with E-state index < -0.39 is 0 Å². The summed E-state index contributed by atoms with van der Waals surface area (Å²) in [5.74, 6) is 0.868. The Morgan fingerprint density at radius 3 is 2.71 bits per heavy atom. The molecule has 1 fully saturated rings. The zero-order chi connectivity index (χ0) is 14.4. The summed E-state index contributed by atoms with van der Waals surface area (Å²) in [5.41, 5.74) is 1.77. The first-order valence-corrected chi connectivity index (χ1v) is 7.71. The highest BCUT2D eigenvalue weighted by molar-refractivity contribution is 7.18. The fourth-order valence-electron chi connectivity index (χ4n) is 2.70. The van der Waals surface area contributed by atoms with Crippen LogP contribution in [0.2, 0.25) is 0 Å². The monoisotopic (exact) mass is 297 g/mol. The van der Waals surface area contributed by atoms with Crippen molar-refractivity contribution in [3.05, 3.63) is 59.1 Å². The number of para-hydroxylation sites is 2. The van der Waals surface area contributed by atoms with E-state index in [2.05, 4.69) is 19.1 Å². The molecule has 0 spiro atoms. The van der Waals surface area contributed by atoms with Crippen LogP contribution in [0.4, 0.5) is 0 Å². The predicted molar refractivity (Wildman–Crippen MR) is 83.8 cm³/mol. The Kier molecular flexibility index (Phi) is 2.77. The highest BCUT2D eigenvalue weighted by Gasteiger charge is 2.57. The Balaban J connectivity index is 1.73. The first-order chi connectivity index (χ1) is 10.2. The lowest BCUT2D eigenvalue weighted by Crippen LogP contribution is -2.04. The lowest BCUT2D eigenvalue weighted by molar-refractivity contribution is 0.311. The SMILES string of the molecule is COc1ccccc1[C@H]1O[C@]1(C)c1nc2ccccc2s1. The van der Waals surface area contributed by atoms with Gasteiger partial charge in [-0.2, -0.15) is 0 Å². The van der Waals surface area contributed by atoms with Crippen LogP contribution in [0.3, 0.4) is 0 Å². The van der Waals surface area contributed by atoms with Crippen LogP contribution < -0.4 is 4.74 Å². The number of methoxy groups -OCH3 is 1. The van der Waals surface area contributed by atoms with Gasteiger partial charge < -0.3 is 9.47 Å². The standard InChI is InChI=1S/C17H15NO2S/c1-17(16-18-12-8-4-6-10-14(12)21-16)15(20-17)11-7-3-5-9-13(11)19-2/h3-10,15H,1-2H3/t15-,17+/m1/s1. The van der Waals surface area contributed by atoms with Crippen molar-refractivity contribution in [2.24, 2.45) is 0 Å². The molecule has 4 rings (SSSR count). The fraction of sp³-hybridized carbons (Fsp3) is 0.235. The van der Waals surface area contributed by atoms with Crippen LogP contribution in [0.5, 0.6) is 5.75 Å². The van der Waals surface area contributed by atoms with Crippen LogP contribution in [-0.4, -0.2) is 12.1 Å². The number of hydrogen-bond acceptors (Lipinski definition) is 4. The van der Waals surface area contributed by atoms with E-state index in [9.17, 15) is 0 Å². The molecule has 1 aromatic heterocycles. The van der Waals surface area contributed by atoms with Crippen molar-refractivity contribution in [3.63, 3.8) is 0 Å². The molecule has 0 unspecified atom stereocenters. The van der Waals surface area contributed by atoms with E-state index in [4.69, 9.17) is 14.5 Å². The van der Waals surface area contributed by atoms with E-state index in [-0.39, 0.29) is 11.7 Å². The van der Waals surface area contributed by atoms with Gasteiger partial charge >= 0.3 is 0 Å². The van der Waals surface area contributed by atoms with Crippen molar-refractivity contribution < 1.29 is 9.47 Å². The van der Waals surface area contributed by atoms with E-state index in [1.165, 1.54) is 4.70 Å². The van der Waals surface area contributed by atoms with Gasteiger partial charge in [0.1, 0.15) is 22.5 Å². The third kappa shape index (κ3) is 1.94. The van der Waals surface area contributed by atoms with Crippen molar-refractivity contribution in [2.45, 2.75) is 18.6 Å². The van der Waals surface area contributed by atoms with Crippen molar-refractivity contribution in [3.8, 4) is 5.75 Å². The number of aromatic nitrogens is 1. The molecule has 1 aliphatic rings. The molecule has 2 heterocycles. The molecule has 1 saturated heterocycles. The van der Waals surface area contributed by atoms with Gasteiger partial charge in [0.2, 0.25) is 0 Å². The zero-order valence-electron chi connectivity index (χ0n) is 11.9. The molecular formula is C17H15NO2S. The van der Waals surface area contributed by atoms with Gasteiger partial charge in [0.05, 0.1) is 17.3 Å². The van der Waals surface area contributed by atoms with Crippen LogP contribution in [0.25, 0.3) is 10.2 Å². The maximum Gasteiger partial charge on any atom is 0.148 e. The molecule has 3 aromatic rings. The lowest BCUT2D eigenvalue weighted by atomic mass is 10.0. The molecule has 0 N–H and O–H groups in total. The third-order valence-corrected chi connectivity index (χ3v) is 5.20. The van der Waals surface area contributed by atoms with Crippen molar-refractivity contribution >= 4 is 21.6 Å². The topological polar surface area (TPSA) is 34.6 Å². The van der Waals surface area contributed by atoms with Gasteiger partial charge in [0.15, 0.2) is 0 Å². The van der Waals surface area contributed by atoms with Crippen LogP contribution in [0.1, 0.15) is 23.6 Å². The highest BCUT2D eigenvalue weighted by atomic mass is 32.1. The van der Waals surface area contributed by atoms with Crippen molar-refractivity contribution in [1.29, 1.82) is 0 Å². The van der Waals surface area contributed by atoms with Crippen LogP contribution >= 0.6 is 11.3 Å². The molecule has 1 aliphatic heterocycles. The van der Waals surface area contributed by atoms with Crippen LogP contribution in [0, 0.1) is 0 Å². The summed E-state index contributed by atoms with van der Waals surface area (Å²) in [6.07, 6.45) is 0.00853. The molecule has 4 heteroatoms. The molecule has 21 heavy (non-hydrogen) atoms. The molecule has 2 atom stereocenters. The number of benzene rings is 2. The van der Waals surface area contributed by atoms with Crippen LogP contribution in [-0.2, 0) is 10.3 Å². The molecule has 0 bridgehead atoms. The van der Waals surface area contributed by atoms with Crippen molar-refractivity contribution in [1.82, 2.24) is 4.98 Å². The maximum atomic E-state index is 6.02. The summed E-state index contributed by atoms with van der Waals surface area (Å²) in [4.78, 5) is 4.73. The van der Waals surface area contributed by atoms with Gasteiger partial charge in [0.25, 0.3) is 0 Å². The number of hydrogen-bond donors (Lipinski definition) is 0. The molecule has 3 nitrogen and oxygen atoms in total. The van der Waals surface area contributed by atoms with Gasteiger partial charge in [-0.3, -0.25) is 0 Å².